The molecule has 0 atom stereocenters. The SMILES string of the molecule is COc1cc2c(cc1Br)CC/C2=C\CN. The summed E-state index contributed by atoms with van der Waals surface area (Å²) in [4.78, 5) is 0. The smallest absolute Gasteiger partial charge is 0.133 e. The second-order valence-electron chi connectivity index (χ2n) is 3.61. The van der Waals surface area contributed by atoms with Crippen LogP contribution in [-0.4, -0.2) is 13.7 Å². The van der Waals surface area contributed by atoms with E-state index in [0.717, 1.165) is 23.1 Å². The second-order valence-corrected chi connectivity index (χ2v) is 4.46. The molecule has 0 amide bonds. The molecule has 15 heavy (non-hydrogen) atoms. The zero-order valence-electron chi connectivity index (χ0n) is 8.72. The summed E-state index contributed by atoms with van der Waals surface area (Å²) in [5.41, 5.74) is 9.56. The lowest BCUT2D eigenvalue weighted by Crippen LogP contribution is -1.95. The van der Waals surface area contributed by atoms with Crippen LogP contribution in [0.2, 0.25) is 0 Å². The van der Waals surface area contributed by atoms with Crippen molar-refractivity contribution in [2.75, 3.05) is 13.7 Å². The van der Waals surface area contributed by atoms with Gasteiger partial charge in [0.15, 0.2) is 0 Å². The number of methoxy groups -OCH3 is 1. The van der Waals surface area contributed by atoms with Crippen molar-refractivity contribution < 1.29 is 4.74 Å². The number of fused-ring (bicyclic) bond motifs is 1. The summed E-state index contributed by atoms with van der Waals surface area (Å²) >= 11 is 3.50. The Balaban J connectivity index is 2.49. The first-order chi connectivity index (χ1) is 7.26. The van der Waals surface area contributed by atoms with Gasteiger partial charge in [0.25, 0.3) is 0 Å². The fourth-order valence-corrected chi connectivity index (χ4v) is 2.57. The van der Waals surface area contributed by atoms with Crippen molar-refractivity contribution in [1.82, 2.24) is 0 Å². The first-order valence-electron chi connectivity index (χ1n) is 5.02. The summed E-state index contributed by atoms with van der Waals surface area (Å²) in [6.45, 7) is 0.604. The maximum Gasteiger partial charge on any atom is 0.133 e. The topological polar surface area (TPSA) is 35.2 Å². The third-order valence-electron chi connectivity index (χ3n) is 2.75. The Morgan fingerprint density at radius 1 is 1.47 bits per heavy atom. The highest BCUT2D eigenvalue weighted by Crippen LogP contribution is 2.38. The number of nitrogens with two attached hydrogens (primary N) is 1. The number of hydrogen-bond acceptors (Lipinski definition) is 2. The normalized spacial score (nSPS) is 16.9. The van der Waals surface area contributed by atoms with Gasteiger partial charge in [0.05, 0.1) is 11.6 Å². The van der Waals surface area contributed by atoms with Crippen LogP contribution in [0.4, 0.5) is 0 Å². The largest absolute Gasteiger partial charge is 0.496 e. The Kier molecular flexibility index (Phi) is 3.12. The molecule has 0 spiro atoms. The van der Waals surface area contributed by atoms with E-state index in [2.05, 4.69) is 34.1 Å². The van der Waals surface area contributed by atoms with Crippen LogP contribution in [0.1, 0.15) is 17.5 Å². The number of ether oxygens (including phenoxy) is 1. The summed E-state index contributed by atoms with van der Waals surface area (Å²) in [5, 5.41) is 0. The van der Waals surface area contributed by atoms with Crippen LogP contribution in [0.15, 0.2) is 22.7 Å². The van der Waals surface area contributed by atoms with Crippen LogP contribution in [-0.2, 0) is 6.42 Å². The minimum atomic E-state index is 0.604. The third kappa shape index (κ3) is 1.94. The van der Waals surface area contributed by atoms with Gasteiger partial charge in [0.1, 0.15) is 5.75 Å². The van der Waals surface area contributed by atoms with Gasteiger partial charge in [-0.05, 0) is 57.6 Å². The van der Waals surface area contributed by atoms with E-state index in [9.17, 15) is 0 Å². The molecule has 0 aromatic heterocycles. The lowest BCUT2D eigenvalue weighted by atomic mass is 10.1. The van der Waals surface area contributed by atoms with Crippen molar-refractivity contribution in [3.63, 3.8) is 0 Å². The predicted molar refractivity (Wildman–Crippen MR) is 66.0 cm³/mol. The molecule has 0 fully saturated rings. The number of halogens is 1. The molecule has 0 radical (unpaired) electrons. The molecule has 1 aliphatic carbocycles. The number of allylic oxidation sites excluding steroid dienone is 1. The van der Waals surface area contributed by atoms with Gasteiger partial charge in [-0.3, -0.25) is 0 Å². The fourth-order valence-electron chi connectivity index (χ4n) is 2.02. The third-order valence-corrected chi connectivity index (χ3v) is 3.37. The molecule has 3 heteroatoms. The zero-order chi connectivity index (χ0) is 10.8. The summed E-state index contributed by atoms with van der Waals surface area (Å²) < 4.78 is 6.32. The summed E-state index contributed by atoms with van der Waals surface area (Å²) in [6.07, 6.45) is 4.29. The summed E-state index contributed by atoms with van der Waals surface area (Å²) in [5.74, 6) is 0.888. The maximum absolute atomic E-state index is 5.55. The highest BCUT2D eigenvalue weighted by atomic mass is 79.9. The molecule has 80 valence electrons. The van der Waals surface area contributed by atoms with Gasteiger partial charge in [-0.2, -0.15) is 0 Å². The lowest BCUT2D eigenvalue weighted by molar-refractivity contribution is 0.412. The van der Waals surface area contributed by atoms with Crippen molar-refractivity contribution in [2.45, 2.75) is 12.8 Å². The Morgan fingerprint density at radius 3 is 2.93 bits per heavy atom. The minimum Gasteiger partial charge on any atom is -0.496 e. The molecule has 2 nitrogen and oxygen atoms in total. The fraction of sp³-hybridized carbons (Fsp3) is 0.333. The molecule has 1 aliphatic rings. The van der Waals surface area contributed by atoms with Crippen LogP contribution in [0, 0.1) is 0 Å². The van der Waals surface area contributed by atoms with E-state index in [-0.39, 0.29) is 0 Å². The van der Waals surface area contributed by atoms with Crippen LogP contribution in [0.5, 0.6) is 5.75 Å². The van der Waals surface area contributed by atoms with Crippen LogP contribution in [0.25, 0.3) is 5.57 Å². The van der Waals surface area contributed by atoms with Crippen LogP contribution in [0.3, 0.4) is 0 Å². The number of hydrogen-bond donors (Lipinski definition) is 1. The molecular formula is C12H14BrNO. The summed E-state index contributed by atoms with van der Waals surface area (Å²) in [7, 11) is 1.69. The lowest BCUT2D eigenvalue weighted by Gasteiger charge is -2.07. The van der Waals surface area contributed by atoms with Crippen molar-refractivity contribution >= 4 is 21.5 Å². The monoisotopic (exact) mass is 267 g/mol. The van der Waals surface area contributed by atoms with E-state index in [0.29, 0.717) is 6.54 Å². The first kappa shape index (κ1) is 10.7. The van der Waals surface area contributed by atoms with Crippen molar-refractivity contribution in [2.24, 2.45) is 5.73 Å². The molecule has 2 rings (SSSR count). The van der Waals surface area contributed by atoms with Gasteiger partial charge < -0.3 is 10.5 Å². The van der Waals surface area contributed by atoms with Gasteiger partial charge in [-0.15, -0.1) is 0 Å². The Hall–Kier alpha value is -0.800. The average molecular weight is 268 g/mol. The van der Waals surface area contributed by atoms with Gasteiger partial charge in [0, 0.05) is 6.54 Å². The predicted octanol–water partition coefficient (Wildman–Crippen LogP) is 2.75. The molecule has 0 saturated carbocycles. The number of aryl methyl sites for hydroxylation is 1. The quantitative estimate of drug-likeness (QED) is 0.895. The Bertz CT molecular complexity index is 412. The second kappa shape index (κ2) is 4.37. The molecular weight excluding hydrogens is 254 g/mol. The maximum atomic E-state index is 5.55. The number of benzene rings is 1. The van der Waals surface area contributed by atoms with Crippen molar-refractivity contribution in [1.29, 1.82) is 0 Å². The minimum absolute atomic E-state index is 0.604. The highest BCUT2D eigenvalue weighted by Gasteiger charge is 2.18. The molecule has 2 N–H and O–H groups in total. The molecule has 0 unspecified atom stereocenters. The molecule has 0 aliphatic heterocycles. The Morgan fingerprint density at radius 2 is 2.27 bits per heavy atom. The van der Waals surface area contributed by atoms with E-state index in [1.807, 2.05) is 0 Å². The molecule has 1 aromatic rings. The molecule has 0 heterocycles. The molecule has 0 saturated heterocycles. The van der Waals surface area contributed by atoms with Gasteiger partial charge in [0.2, 0.25) is 0 Å². The van der Waals surface area contributed by atoms with Gasteiger partial charge in [-0.1, -0.05) is 6.08 Å². The van der Waals surface area contributed by atoms with E-state index in [4.69, 9.17) is 10.5 Å². The molecule has 0 bridgehead atoms. The van der Waals surface area contributed by atoms with E-state index in [1.54, 1.807) is 7.11 Å². The average Bonchev–Trinajstić information content (AvgIpc) is 2.60. The van der Waals surface area contributed by atoms with Crippen LogP contribution >= 0.6 is 15.9 Å². The van der Waals surface area contributed by atoms with E-state index < -0.39 is 0 Å². The van der Waals surface area contributed by atoms with Crippen LogP contribution < -0.4 is 10.5 Å². The Labute approximate surface area is 98.2 Å². The first-order valence-corrected chi connectivity index (χ1v) is 5.81. The van der Waals surface area contributed by atoms with Gasteiger partial charge in [-0.25, -0.2) is 0 Å². The zero-order valence-corrected chi connectivity index (χ0v) is 10.3. The standard InChI is InChI=1S/C12H14BrNO/c1-15-12-7-10-8(4-5-14)2-3-9(10)6-11(12)13/h4,6-7H,2-3,5,14H2,1H3/b8-4+. The number of rotatable bonds is 2. The molecule has 1 aromatic carbocycles. The van der Waals surface area contributed by atoms with Crippen molar-refractivity contribution in [3.05, 3.63) is 33.8 Å². The van der Waals surface area contributed by atoms with Gasteiger partial charge >= 0.3 is 0 Å². The van der Waals surface area contributed by atoms with E-state index >= 15 is 0 Å². The highest BCUT2D eigenvalue weighted by molar-refractivity contribution is 9.10. The summed E-state index contributed by atoms with van der Waals surface area (Å²) in [6, 6.07) is 4.24. The van der Waals surface area contributed by atoms with Crippen molar-refractivity contribution in [3.8, 4) is 5.75 Å². The van der Waals surface area contributed by atoms with E-state index in [1.165, 1.54) is 16.7 Å².